The molecule has 0 amide bonds. The van der Waals surface area contributed by atoms with Crippen molar-refractivity contribution in [3.8, 4) is 0 Å². The minimum absolute atomic E-state index is 0.000831. The molecule has 2 rings (SSSR count). The maximum atomic E-state index is 13.1. The molecule has 10 heteroatoms. The van der Waals surface area contributed by atoms with Crippen LogP contribution in [0.4, 0.5) is 18.9 Å². The zero-order valence-electron chi connectivity index (χ0n) is 15.1. The van der Waals surface area contributed by atoms with Crippen molar-refractivity contribution in [2.75, 3.05) is 4.31 Å². The Balaban J connectivity index is 2.62. The number of sulfonamides is 1. The average molecular weight is 456 g/mol. The van der Waals surface area contributed by atoms with Crippen LogP contribution < -0.4 is 4.31 Å². The maximum Gasteiger partial charge on any atom is 0.421 e. The van der Waals surface area contributed by atoms with Crippen LogP contribution >= 0.6 is 23.2 Å². The lowest BCUT2D eigenvalue weighted by Gasteiger charge is -2.31. The number of anilines is 1. The monoisotopic (exact) mass is 455 g/mol. The highest BCUT2D eigenvalue weighted by molar-refractivity contribution is 7.93. The van der Waals surface area contributed by atoms with Gasteiger partial charge < -0.3 is 5.11 Å². The number of benzene rings is 2. The van der Waals surface area contributed by atoms with Gasteiger partial charge in [0.05, 0.1) is 15.7 Å². The van der Waals surface area contributed by atoms with E-state index in [9.17, 15) is 26.7 Å². The van der Waals surface area contributed by atoms with Crippen molar-refractivity contribution in [3.05, 3.63) is 58.1 Å². The molecule has 4 nitrogen and oxygen atoms in total. The van der Waals surface area contributed by atoms with Gasteiger partial charge in [-0.15, -0.1) is 0 Å². The number of nitrogens with zero attached hydrogens (tertiary/aromatic N) is 1. The third-order valence-corrected chi connectivity index (χ3v) is 6.93. The van der Waals surface area contributed by atoms with E-state index in [1.807, 2.05) is 0 Å². The summed E-state index contributed by atoms with van der Waals surface area (Å²) in [5.41, 5.74) is -3.68. The average Bonchev–Trinajstić information content (AvgIpc) is 2.55. The lowest BCUT2D eigenvalue weighted by molar-refractivity contribution is -0.258. The summed E-state index contributed by atoms with van der Waals surface area (Å²) in [5, 5.41) is 9.57. The number of alkyl halides is 3. The number of hydrogen-bond donors (Lipinski definition) is 1. The molecule has 154 valence electrons. The summed E-state index contributed by atoms with van der Waals surface area (Å²) in [5.74, 6) is 0. The van der Waals surface area contributed by atoms with Crippen LogP contribution in [-0.4, -0.2) is 25.7 Å². The largest absolute Gasteiger partial charge is 0.421 e. The normalized spacial score (nSPS) is 14.8. The van der Waals surface area contributed by atoms with Gasteiger partial charge in [-0.3, -0.25) is 4.31 Å². The standard InChI is InChI=1S/C18H18Cl2F3NO3S/c1-11(2)24(28(26,27)16-7-5-4-6-13(16)19)15-9-8-12(10-14(15)20)17(3,25)18(21,22)23/h4-11,25H,1-3H3. The van der Waals surface area contributed by atoms with Crippen molar-refractivity contribution >= 4 is 38.9 Å². The molecule has 1 atom stereocenters. The topological polar surface area (TPSA) is 57.6 Å². The van der Waals surface area contributed by atoms with Gasteiger partial charge in [-0.2, -0.15) is 13.2 Å². The lowest BCUT2D eigenvalue weighted by Crippen LogP contribution is -2.40. The fraction of sp³-hybridized carbons (Fsp3) is 0.333. The van der Waals surface area contributed by atoms with E-state index in [1.165, 1.54) is 18.2 Å². The second kappa shape index (κ2) is 7.74. The number of aliphatic hydroxyl groups is 1. The highest BCUT2D eigenvalue weighted by atomic mass is 35.5. The van der Waals surface area contributed by atoms with Crippen molar-refractivity contribution in [1.29, 1.82) is 0 Å². The van der Waals surface area contributed by atoms with Gasteiger partial charge in [0.15, 0.2) is 5.60 Å². The zero-order valence-corrected chi connectivity index (χ0v) is 17.5. The molecule has 1 unspecified atom stereocenters. The highest BCUT2D eigenvalue weighted by Crippen LogP contribution is 2.42. The van der Waals surface area contributed by atoms with E-state index in [4.69, 9.17) is 23.2 Å². The van der Waals surface area contributed by atoms with E-state index in [0.29, 0.717) is 6.92 Å². The van der Waals surface area contributed by atoms with Gasteiger partial charge in [0, 0.05) is 6.04 Å². The van der Waals surface area contributed by atoms with Crippen LogP contribution in [0.2, 0.25) is 10.0 Å². The van der Waals surface area contributed by atoms with Gasteiger partial charge in [0.25, 0.3) is 10.0 Å². The van der Waals surface area contributed by atoms with Crippen LogP contribution in [0.15, 0.2) is 47.4 Å². The van der Waals surface area contributed by atoms with E-state index < -0.39 is 33.4 Å². The van der Waals surface area contributed by atoms with Crippen LogP contribution in [0.1, 0.15) is 26.3 Å². The number of rotatable bonds is 5. The Labute approximate surface area is 171 Å². The van der Waals surface area contributed by atoms with Crippen molar-refractivity contribution in [1.82, 2.24) is 0 Å². The fourth-order valence-electron chi connectivity index (χ4n) is 2.60. The summed E-state index contributed by atoms with van der Waals surface area (Å²) < 4.78 is 66.5. The molecule has 28 heavy (non-hydrogen) atoms. The summed E-state index contributed by atoms with van der Waals surface area (Å²) in [4.78, 5) is -0.159. The van der Waals surface area contributed by atoms with Crippen molar-refractivity contribution < 1.29 is 26.7 Å². The first-order valence-electron chi connectivity index (χ1n) is 8.09. The van der Waals surface area contributed by atoms with Gasteiger partial charge >= 0.3 is 6.18 Å². The second-order valence-electron chi connectivity index (χ2n) is 6.56. The Kier molecular flexibility index (Phi) is 6.31. The van der Waals surface area contributed by atoms with Gasteiger partial charge in [0.1, 0.15) is 4.90 Å². The van der Waals surface area contributed by atoms with E-state index in [0.717, 1.165) is 22.5 Å². The smallest absolute Gasteiger partial charge is 0.376 e. The number of hydrogen-bond acceptors (Lipinski definition) is 3. The molecule has 0 saturated carbocycles. The Bertz CT molecular complexity index is 976. The molecule has 2 aromatic carbocycles. The Hall–Kier alpha value is -1.48. The molecule has 0 aliphatic carbocycles. The lowest BCUT2D eigenvalue weighted by atomic mass is 9.95. The van der Waals surface area contributed by atoms with E-state index >= 15 is 0 Å². The molecule has 0 bridgehead atoms. The first-order chi connectivity index (χ1) is 12.7. The van der Waals surface area contributed by atoms with Gasteiger partial charge in [0.2, 0.25) is 0 Å². The Morgan fingerprint density at radius 3 is 2.07 bits per heavy atom. The molecule has 0 radical (unpaired) electrons. The SMILES string of the molecule is CC(C)N(c1ccc(C(C)(O)C(F)(F)F)cc1Cl)S(=O)(=O)c1ccccc1Cl. The van der Waals surface area contributed by atoms with Crippen molar-refractivity contribution in [2.45, 2.75) is 43.5 Å². The molecule has 1 N–H and O–H groups in total. The van der Waals surface area contributed by atoms with Crippen LogP contribution in [0.3, 0.4) is 0 Å². The van der Waals surface area contributed by atoms with E-state index in [2.05, 4.69) is 0 Å². The molecule has 0 saturated heterocycles. The third kappa shape index (κ3) is 4.10. The zero-order chi connectivity index (χ0) is 21.5. The molecular formula is C18H18Cl2F3NO3S. The molecule has 0 spiro atoms. The van der Waals surface area contributed by atoms with Crippen LogP contribution in [-0.2, 0) is 15.6 Å². The second-order valence-corrected chi connectivity index (χ2v) is 9.16. The molecule has 0 fully saturated rings. The molecule has 0 aliphatic rings. The van der Waals surface area contributed by atoms with Crippen molar-refractivity contribution in [3.63, 3.8) is 0 Å². The molecule has 0 aromatic heterocycles. The van der Waals surface area contributed by atoms with Crippen LogP contribution in [0, 0.1) is 0 Å². The summed E-state index contributed by atoms with van der Waals surface area (Å²) >= 11 is 12.2. The van der Waals surface area contributed by atoms with Crippen LogP contribution in [0.25, 0.3) is 0 Å². The fourth-order valence-corrected chi connectivity index (χ4v) is 5.10. The quantitative estimate of drug-likeness (QED) is 0.659. The molecule has 0 heterocycles. The van der Waals surface area contributed by atoms with Gasteiger partial charge in [-0.1, -0.05) is 41.4 Å². The van der Waals surface area contributed by atoms with Gasteiger partial charge in [-0.05, 0) is 50.6 Å². The summed E-state index contributed by atoms with van der Waals surface area (Å²) in [6, 6.07) is 8.22. The van der Waals surface area contributed by atoms with E-state index in [1.54, 1.807) is 19.9 Å². The van der Waals surface area contributed by atoms with E-state index in [-0.39, 0.29) is 20.6 Å². The highest BCUT2D eigenvalue weighted by Gasteiger charge is 2.51. The summed E-state index contributed by atoms with van der Waals surface area (Å²) in [7, 11) is -4.15. The Morgan fingerprint density at radius 2 is 1.61 bits per heavy atom. The first kappa shape index (κ1) is 22.8. The summed E-state index contributed by atoms with van der Waals surface area (Å²) in [6.07, 6.45) is -4.93. The molecule has 0 aliphatic heterocycles. The predicted octanol–water partition coefficient (Wildman–Crippen LogP) is 5.37. The predicted molar refractivity (Wildman–Crippen MR) is 103 cm³/mol. The summed E-state index contributed by atoms with van der Waals surface area (Å²) in [6.45, 7) is 3.77. The minimum atomic E-state index is -4.93. The number of halogens is 5. The molecular weight excluding hydrogens is 438 g/mol. The third-order valence-electron chi connectivity index (χ3n) is 4.14. The minimum Gasteiger partial charge on any atom is -0.376 e. The van der Waals surface area contributed by atoms with Crippen LogP contribution in [0.5, 0.6) is 0 Å². The maximum absolute atomic E-state index is 13.1. The first-order valence-corrected chi connectivity index (χ1v) is 10.3. The molecule has 2 aromatic rings. The Morgan fingerprint density at radius 1 is 1.04 bits per heavy atom. The van der Waals surface area contributed by atoms with Crippen molar-refractivity contribution in [2.24, 2.45) is 0 Å². The van der Waals surface area contributed by atoms with Gasteiger partial charge in [-0.25, -0.2) is 8.42 Å².